The molecule has 1 fully saturated rings. The van der Waals surface area contributed by atoms with Gasteiger partial charge in [-0.05, 0) is 43.5 Å². The molecule has 1 saturated heterocycles. The maximum Gasteiger partial charge on any atom is 0.191 e. The topological polar surface area (TPSA) is 79.1 Å². The molecule has 2 aromatic heterocycles. The molecule has 1 aliphatic heterocycles. The Morgan fingerprint density at radius 1 is 1.16 bits per heavy atom. The lowest BCUT2D eigenvalue weighted by Crippen LogP contribution is -2.40. The molecule has 1 aromatic carbocycles. The highest BCUT2D eigenvalue weighted by atomic mass is 127. The first-order valence-electron chi connectivity index (χ1n) is 10.5. The second-order valence-electron chi connectivity index (χ2n) is 7.39. The van der Waals surface area contributed by atoms with E-state index in [0.717, 1.165) is 55.8 Å². The van der Waals surface area contributed by atoms with Crippen molar-refractivity contribution in [3.05, 3.63) is 54.5 Å². The Morgan fingerprint density at radius 2 is 2.00 bits per heavy atom. The summed E-state index contributed by atoms with van der Waals surface area (Å²) in [6, 6.07) is 14.1. The summed E-state index contributed by atoms with van der Waals surface area (Å²) in [7, 11) is 1.73. The second kappa shape index (κ2) is 11.2. The Hall–Kier alpha value is -2.56. The number of ether oxygens (including phenoxy) is 1. The van der Waals surface area contributed by atoms with Crippen LogP contribution in [0.25, 0.3) is 5.65 Å². The first kappa shape index (κ1) is 23.1. The van der Waals surface area contributed by atoms with E-state index in [1.807, 2.05) is 40.9 Å². The van der Waals surface area contributed by atoms with E-state index in [4.69, 9.17) is 9.73 Å². The molecule has 0 spiro atoms. The largest absolute Gasteiger partial charge is 0.495 e. The summed E-state index contributed by atoms with van der Waals surface area (Å²) in [6.45, 7) is 6.26. The third kappa shape index (κ3) is 5.57. The summed E-state index contributed by atoms with van der Waals surface area (Å²) in [6.07, 6.45) is 3.10. The normalized spacial score (nSPS) is 16.3. The molecule has 166 valence electrons. The van der Waals surface area contributed by atoms with Crippen LogP contribution >= 0.6 is 24.0 Å². The first-order chi connectivity index (χ1) is 14.8. The number of para-hydroxylation sites is 2. The zero-order chi connectivity index (χ0) is 20.8. The van der Waals surface area contributed by atoms with Crippen LogP contribution < -0.4 is 20.3 Å². The first-order valence-corrected chi connectivity index (χ1v) is 10.5. The fraction of sp³-hybridized carbons (Fsp3) is 0.409. The van der Waals surface area contributed by atoms with Crippen molar-refractivity contribution in [2.24, 2.45) is 10.9 Å². The summed E-state index contributed by atoms with van der Waals surface area (Å²) in [4.78, 5) is 7.11. The summed E-state index contributed by atoms with van der Waals surface area (Å²) in [5, 5.41) is 15.3. The molecule has 31 heavy (non-hydrogen) atoms. The van der Waals surface area contributed by atoms with Crippen molar-refractivity contribution >= 4 is 41.3 Å². The molecule has 9 heteroatoms. The molecular formula is C22H30IN7O. The number of methoxy groups -OCH3 is 1. The Bertz CT molecular complexity index is 1010. The van der Waals surface area contributed by atoms with Crippen molar-refractivity contribution in [2.75, 3.05) is 38.2 Å². The highest BCUT2D eigenvalue weighted by Gasteiger charge is 2.24. The smallest absolute Gasteiger partial charge is 0.191 e. The van der Waals surface area contributed by atoms with Gasteiger partial charge in [0.1, 0.15) is 12.3 Å². The number of aliphatic imine (C=N–C) groups is 1. The van der Waals surface area contributed by atoms with Crippen LogP contribution in [0, 0.1) is 5.92 Å². The number of hydrogen-bond acceptors (Lipinski definition) is 5. The number of guanidine groups is 1. The third-order valence-corrected chi connectivity index (χ3v) is 5.38. The van der Waals surface area contributed by atoms with Crippen molar-refractivity contribution in [1.29, 1.82) is 0 Å². The minimum Gasteiger partial charge on any atom is -0.495 e. The fourth-order valence-corrected chi connectivity index (χ4v) is 3.84. The molecule has 1 aliphatic rings. The van der Waals surface area contributed by atoms with Crippen LogP contribution in [-0.2, 0) is 6.54 Å². The average Bonchev–Trinajstić information content (AvgIpc) is 3.43. The van der Waals surface area contributed by atoms with Gasteiger partial charge in [0.25, 0.3) is 0 Å². The lowest BCUT2D eigenvalue weighted by molar-refractivity contribution is 0.414. The van der Waals surface area contributed by atoms with E-state index in [-0.39, 0.29) is 24.0 Å². The molecule has 1 unspecified atom stereocenters. The number of rotatable bonds is 7. The molecule has 3 heterocycles. The SMILES string of the molecule is CCNC(=NCc1nnc2ccccn12)NCC1CCN(c2ccccc2OC)C1.I. The van der Waals surface area contributed by atoms with Crippen LogP contribution in [0.5, 0.6) is 5.75 Å². The van der Waals surface area contributed by atoms with Gasteiger partial charge in [0, 0.05) is 32.4 Å². The Morgan fingerprint density at radius 3 is 2.84 bits per heavy atom. The van der Waals surface area contributed by atoms with Gasteiger partial charge in [-0.1, -0.05) is 18.2 Å². The Kier molecular flexibility index (Phi) is 8.33. The zero-order valence-electron chi connectivity index (χ0n) is 18.0. The Labute approximate surface area is 200 Å². The predicted molar refractivity (Wildman–Crippen MR) is 135 cm³/mol. The van der Waals surface area contributed by atoms with Crippen LogP contribution in [0.4, 0.5) is 5.69 Å². The number of aromatic nitrogens is 3. The fourth-order valence-electron chi connectivity index (χ4n) is 3.84. The van der Waals surface area contributed by atoms with Crippen LogP contribution in [0.3, 0.4) is 0 Å². The van der Waals surface area contributed by atoms with E-state index in [0.29, 0.717) is 12.5 Å². The van der Waals surface area contributed by atoms with Gasteiger partial charge < -0.3 is 20.3 Å². The van der Waals surface area contributed by atoms with Gasteiger partial charge in [-0.15, -0.1) is 34.2 Å². The van der Waals surface area contributed by atoms with Crippen LogP contribution in [-0.4, -0.2) is 53.8 Å². The number of benzene rings is 1. The second-order valence-corrected chi connectivity index (χ2v) is 7.39. The van der Waals surface area contributed by atoms with Gasteiger partial charge in [-0.2, -0.15) is 0 Å². The van der Waals surface area contributed by atoms with Crippen LogP contribution in [0.15, 0.2) is 53.7 Å². The molecular weight excluding hydrogens is 505 g/mol. The molecule has 0 amide bonds. The van der Waals surface area contributed by atoms with Crippen molar-refractivity contribution in [2.45, 2.75) is 19.9 Å². The lowest BCUT2D eigenvalue weighted by Gasteiger charge is -2.21. The van der Waals surface area contributed by atoms with Crippen molar-refractivity contribution in [3.63, 3.8) is 0 Å². The van der Waals surface area contributed by atoms with E-state index in [2.05, 4.69) is 44.8 Å². The number of fused-ring (bicyclic) bond motifs is 1. The molecule has 0 radical (unpaired) electrons. The van der Waals surface area contributed by atoms with E-state index < -0.39 is 0 Å². The van der Waals surface area contributed by atoms with Crippen molar-refractivity contribution in [1.82, 2.24) is 25.2 Å². The molecule has 0 saturated carbocycles. The average molecular weight is 535 g/mol. The molecule has 2 N–H and O–H groups in total. The van der Waals surface area contributed by atoms with E-state index in [9.17, 15) is 0 Å². The molecule has 3 aromatic rings. The number of anilines is 1. The lowest BCUT2D eigenvalue weighted by atomic mass is 10.1. The van der Waals surface area contributed by atoms with Crippen molar-refractivity contribution < 1.29 is 4.74 Å². The van der Waals surface area contributed by atoms with Gasteiger partial charge in [0.2, 0.25) is 0 Å². The van der Waals surface area contributed by atoms with Gasteiger partial charge >= 0.3 is 0 Å². The molecule has 8 nitrogen and oxygen atoms in total. The molecule has 1 atom stereocenters. The van der Waals surface area contributed by atoms with Crippen LogP contribution in [0.2, 0.25) is 0 Å². The number of nitrogens with one attached hydrogen (secondary N) is 2. The van der Waals surface area contributed by atoms with E-state index >= 15 is 0 Å². The van der Waals surface area contributed by atoms with E-state index in [1.165, 1.54) is 5.69 Å². The van der Waals surface area contributed by atoms with Gasteiger partial charge in [0.05, 0.1) is 12.8 Å². The monoisotopic (exact) mass is 535 g/mol. The molecule has 0 aliphatic carbocycles. The van der Waals surface area contributed by atoms with Gasteiger partial charge in [-0.25, -0.2) is 4.99 Å². The number of halogens is 1. The maximum atomic E-state index is 5.52. The highest BCUT2D eigenvalue weighted by molar-refractivity contribution is 14.0. The summed E-state index contributed by atoms with van der Waals surface area (Å²) in [5.41, 5.74) is 2.00. The minimum atomic E-state index is 0. The van der Waals surface area contributed by atoms with Crippen molar-refractivity contribution in [3.8, 4) is 5.75 Å². The summed E-state index contributed by atoms with van der Waals surface area (Å²) < 4.78 is 7.49. The van der Waals surface area contributed by atoms with Crippen LogP contribution in [0.1, 0.15) is 19.2 Å². The number of nitrogens with zero attached hydrogens (tertiary/aromatic N) is 5. The summed E-state index contributed by atoms with van der Waals surface area (Å²) in [5.74, 6) is 3.11. The van der Waals surface area contributed by atoms with Gasteiger partial charge in [-0.3, -0.25) is 4.40 Å². The molecule has 0 bridgehead atoms. The van der Waals surface area contributed by atoms with E-state index in [1.54, 1.807) is 7.11 Å². The third-order valence-electron chi connectivity index (χ3n) is 5.38. The van der Waals surface area contributed by atoms with Gasteiger partial charge in [0.15, 0.2) is 17.4 Å². The zero-order valence-corrected chi connectivity index (χ0v) is 20.3. The maximum absolute atomic E-state index is 5.52. The summed E-state index contributed by atoms with van der Waals surface area (Å²) >= 11 is 0. The molecule has 4 rings (SSSR count). The predicted octanol–water partition coefficient (Wildman–Crippen LogP) is 2.94. The highest BCUT2D eigenvalue weighted by Crippen LogP contribution is 2.31. The number of pyridine rings is 1. The minimum absolute atomic E-state index is 0. The quantitative estimate of drug-likeness (QED) is 0.275. The standard InChI is InChI=1S/C22H29N7O.HI/c1-3-23-22(25-15-21-27-26-20-10-6-7-12-29(20)21)24-14-17-11-13-28(16-17)18-8-4-5-9-19(18)30-2;/h4-10,12,17H,3,11,13-16H2,1-2H3,(H2,23,24,25);1H. The Balaban J connectivity index is 0.00000272. The number of hydrogen-bond donors (Lipinski definition) is 2.